The normalized spacial score (nSPS) is 7.54. The standard InChI is InChI=1S/C7H6O2.C2H6O.ClH/c8-7(9)6-4-2-1-3-5-6;1-2-3;/h1-5H,(H,8,9);3H,2H2,1H3;1H. The summed E-state index contributed by atoms with van der Waals surface area (Å²) in [7, 11) is 0. The largest absolute Gasteiger partial charge is 0.478 e. The van der Waals surface area contributed by atoms with Crippen LogP contribution in [0.25, 0.3) is 0 Å². The van der Waals surface area contributed by atoms with E-state index in [9.17, 15) is 4.79 Å². The maximum atomic E-state index is 10.2. The first-order valence-corrected chi connectivity index (χ1v) is 3.61. The molecule has 0 saturated carbocycles. The molecule has 3 nitrogen and oxygen atoms in total. The van der Waals surface area contributed by atoms with E-state index in [1.807, 2.05) is 0 Å². The Bertz CT molecular complexity index is 224. The second kappa shape index (κ2) is 9.03. The zero-order chi connectivity index (χ0) is 9.40. The summed E-state index contributed by atoms with van der Waals surface area (Å²) >= 11 is 0. The van der Waals surface area contributed by atoms with Gasteiger partial charge in [-0.1, -0.05) is 18.2 Å². The summed E-state index contributed by atoms with van der Waals surface area (Å²) in [5.74, 6) is -0.879. The summed E-state index contributed by atoms with van der Waals surface area (Å²) < 4.78 is 0. The van der Waals surface area contributed by atoms with Crippen molar-refractivity contribution >= 4 is 18.4 Å². The van der Waals surface area contributed by atoms with Crippen LogP contribution in [0.15, 0.2) is 30.3 Å². The van der Waals surface area contributed by atoms with Gasteiger partial charge in [0.2, 0.25) is 0 Å². The van der Waals surface area contributed by atoms with Gasteiger partial charge in [-0.25, -0.2) is 4.79 Å². The monoisotopic (exact) mass is 204 g/mol. The lowest BCUT2D eigenvalue weighted by atomic mass is 10.2. The maximum absolute atomic E-state index is 10.2. The molecule has 0 atom stereocenters. The van der Waals surface area contributed by atoms with Crippen molar-refractivity contribution in [2.24, 2.45) is 0 Å². The van der Waals surface area contributed by atoms with Crippen LogP contribution in [0.3, 0.4) is 0 Å². The quantitative estimate of drug-likeness (QED) is 0.734. The van der Waals surface area contributed by atoms with Crippen molar-refractivity contribution in [1.29, 1.82) is 0 Å². The fraction of sp³-hybridized carbons (Fsp3) is 0.222. The minimum Gasteiger partial charge on any atom is -0.478 e. The van der Waals surface area contributed by atoms with Crippen molar-refractivity contribution in [1.82, 2.24) is 0 Å². The molecule has 1 aromatic rings. The van der Waals surface area contributed by atoms with Crippen LogP contribution in [0.4, 0.5) is 0 Å². The van der Waals surface area contributed by atoms with Crippen molar-refractivity contribution in [2.75, 3.05) is 6.61 Å². The average molecular weight is 205 g/mol. The van der Waals surface area contributed by atoms with Gasteiger partial charge in [0.15, 0.2) is 0 Å². The lowest BCUT2D eigenvalue weighted by Gasteiger charge is -1.88. The molecule has 0 amide bonds. The Morgan fingerprint density at radius 2 is 1.69 bits per heavy atom. The SMILES string of the molecule is CCO.Cl.O=C(O)c1ccccc1. The summed E-state index contributed by atoms with van der Waals surface area (Å²) in [4.78, 5) is 10.2. The zero-order valence-corrected chi connectivity index (χ0v) is 8.12. The Labute approximate surface area is 83.4 Å². The molecule has 0 spiro atoms. The molecule has 2 N–H and O–H groups in total. The number of carboxylic acid groups (broad SMARTS) is 1. The second-order valence-corrected chi connectivity index (χ2v) is 1.99. The van der Waals surface area contributed by atoms with E-state index in [1.54, 1.807) is 37.3 Å². The van der Waals surface area contributed by atoms with Crippen LogP contribution in [-0.2, 0) is 0 Å². The predicted octanol–water partition coefficient (Wildman–Crippen LogP) is 1.81. The zero-order valence-electron chi connectivity index (χ0n) is 7.30. The minimum atomic E-state index is -0.879. The highest BCUT2D eigenvalue weighted by molar-refractivity contribution is 5.87. The number of aromatic carboxylic acids is 1. The summed E-state index contributed by atoms with van der Waals surface area (Å²) in [6.45, 7) is 1.93. The molecule has 0 saturated heterocycles. The van der Waals surface area contributed by atoms with Gasteiger partial charge >= 0.3 is 5.97 Å². The molecule has 0 aromatic heterocycles. The number of aliphatic hydroxyl groups excluding tert-OH is 1. The summed E-state index contributed by atoms with van der Waals surface area (Å²) in [6.07, 6.45) is 0. The summed E-state index contributed by atoms with van der Waals surface area (Å²) in [5.41, 5.74) is 0.331. The molecular weight excluding hydrogens is 192 g/mol. The predicted molar refractivity (Wildman–Crippen MR) is 53.4 cm³/mol. The third-order valence-corrected chi connectivity index (χ3v) is 1.02. The number of hydrogen-bond donors (Lipinski definition) is 2. The topological polar surface area (TPSA) is 57.5 Å². The fourth-order valence-corrected chi connectivity index (χ4v) is 0.581. The molecule has 0 aliphatic carbocycles. The molecule has 0 unspecified atom stereocenters. The summed E-state index contributed by atoms with van der Waals surface area (Å²) in [5, 5.41) is 16.0. The third kappa shape index (κ3) is 7.31. The molecule has 0 aliphatic rings. The van der Waals surface area contributed by atoms with Crippen LogP contribution in [0, 0.1) is 0 Å². The summed E-state index contributed by atoms with van der Waals surface area (Å²) in [6, 6.07) is 8.30. The lowest BCUT2D eigenvalue weighted by molar-refractivity contribution is 0.0697. The molecule has 1 aromatic carbocycles. The number of rotatable bonds is 1. The molecule has 0 bridgehead atoms. The van der Waals surface area contributed by atoms with Crippen molar-refractivity contribution in [3.8, 4) is 0 Å². The van der Waals surface area contributed by atoms with Gasteiger partial charge in [-0.3, -0.25) is 0 Å². The second-order valence-electron chi connectivity index (χ2n) is 1.99. The van der Waals surface area contributed by atoms with Crippen molar-refractivity contribution in [3.05, 3.63) is 35.9 Å². The first-order chi connectivity index (χ1) is 5.72. The van der Waals surface area contributed by atoms with E-state index >= 15 is 0 Å². The minimum absolute atomic E-state index is 0. The van der Waals surface area contributed by atoms with E-state index in [1.165, 1.54) is 0 Å². The average Bonchev–Trinajstić information content (AvgIpc) is 2.07. The van der Waals surface area contributed by atoms with Crippen LogP contribution >= 0.6 is 12.4 Å². The van der Waals surface area contributed by atoms with Crippen LogP contribution < -0.4 is 0 Å². The van der Waals surface area contributed by atoms with Crippen LogP contribution in [0.5, 0.6) is 0 Å². The van der Waals surface area contributed by atoms with E-state index in [2.05, 4.69) is 0 Å². The van der Waals surface area contributed by atoms with Gasteiger partial charge in [-0.2, -0.15) is 0 Å². The van der Waals surface area contributed by atoms with Crippen LogP contribution in [0.1, 0.15) is 17.3 Å². The molecule has 0 fully saturated rings. The van der Waals surface area contributed by atoms with Gasteiger partial charge in [0.05, 0.1) is 5.56 Å². The highest BCUT2D eigenvalue weighted by Gasteiger charge is 1.96. The Kier molecular flexibility index (Phi) is 10.0. The lowest BCUT2D eigenvalue weighted by Crippen LogP contribution is -1.93. The van der Waals surface area contributed by atoms with Crippen LogP contribution in [-0.4, -0.2) is 22.8 Å². The Hall–Kier alpha value is -1.06. The van der Waals surface area contributed by atoms with E-state index in [-0.39, 0.29) is 19.0 Å². The fourth-order valence-electron chi connectivity index (χ4n) is 0.581. The molecule has 74 valence electrons. The Morgan fingerprint density at radius 3 is 1.92 bits per heavy atom. The van der Waals surface area contributed by atoms with Crippen LogP contribution in [0.2, 0.25) is 0 Å². The van der Waals surface area contributed by atoms with Gasteiger partial charge < -0.3 is 10.2 Å². The molecule has 0 heterocycles. The number of carboxylic acids is 1. The molecular formula is C9H13ClO3. The Morgan fingerprint density at radius 1 is 1.31 bits per heavy atom. The van der Waals surface area contributed by atoms with E-state index in [0.29, 0.717) is 5.56 Å². The van der Waals surface area contributed by atoms with E-state index < -0.39 is 5.97 Å². The van der Waals surface area contributed by atoms with Crippen molar-refractivity contribution in [3.63, 3.8) is 0 Å². The van der Waals surface area contributed by atoms with E-state index in [0.717, 1.165) is 0 Å². The highest BCUT2D eigenvalue weighted by Crippen LogP contribution is 1.96. The number of aliphatic hydroxyl groups is 1. The number of halogens is 1. The van der Waals surface area contributed by atoms with E-state index in [4.69, 9.17) is 10.2 Å². The molecule has 0 radical (unpaired) electrons. The molecule has 13 heavy (non-hydrogen) atoms. The van der Waals surface area contributed by atoms with Gasteiger partial charge in [0, 0.05) is 6.61 Å². The number of benzene rings is 1. The molecule has 0 aliphatic heterocycles. The van der Waals surface area contributed by atoms with Crippen molar-refractivity contribution in [2.45, 2.75) is 6.92 Å². The highest BCUT2D eigenvalue weighted by atomic mass is 35.5. The number of hydrogen-bond acceptors (Lipinski definition) is 2. The van der Waals surface area contributed by atoms with Crippen molar-refractivity contribution < 1.29 is 15.0 Å². The third-order valence-electron chi connectivity index (χ3n) is 1.02. The molecule has 1 rings (SSSR count). The van der Waals surface area contributed by atoms with Gasteiger partial charge in [0.1, 0.15) is 0 Å². The Balaban J connectivity index is 0. The van der Waals surface area contributed by atoms with Gasteiger partial charge in [-0.15, -0.1) is 12.4 Å². The number of carbonyl (C=O) groups is 1. The maximum Gasteiger partial charge on any atom is 0.335 e. The van der Waals surface area contributed by atoms with Gasteiger partial charge in [-0.05, 0) is 19.1 Å². The first-order valence-electron chi connectivity index (χ1n) is 3.61. The smallest absolute Gasteiger partial charge is 0.335 e. The first kappa shape index (κ1) is 14.5. The van der Waals surface area contributed by atoms with Gasteiger partial charge in [0.25, 0.3) is 0 Å². The molecule has 4 heteroatoms.